The normalized spacial score (nSPS) is 13.1. The van der Waals surface area contributed by atoms with Crippen LogP contribution in [0.4, 0.5) is 4.39 Å². The van der Waals surface area contributed by atoms with Crippen molar-refractivity contribution in [3.63, 3.8) is 0 Å². The van der Waals surface area contributed by atoms with Crippen LogP contribution in [0.3, 0.4) is 0 Å². The number of carbonyl (C=O) groups is 1. The number of methoxy groups -OCH3 is 1. The number of ether oxygens (including phenoxy) is 3. The number of halogens is 1. The first kappa shape index (κ1) is 19.3. The van der Waals surface area contributed by atoms with Crippen LogP contribution < -0.4 is 14.2 Å². The highest BCUT2D eigenvalue weighted by molar-refractivity contribution is 7.99. The van der Waals surface area contributed by atoms with Gasteiger partial charge in [0.05, 0.1) is 30.8 Å². The first-order valence-corrected chi connectivity index (χ1v) is 9.73. The van der Waals surface area contributed by atoms with Crippen LogP contribution in [0, 0.1) is 5.82 Å². The fraction of sp³-hybridized carbons (Fsp3) is 0.286. The van der Waals surface area contributed by atoms with Crippen molar-refractivity contribution >= 4 is 23.6 Å². The number of carbonyl (C=O) groups excluding carboxylic acids is 1. The number of benzene rings is 2. The number of rotatable bonds is 7. The molecule has 0 bridgehead atoms. The number of allylic oxidation sites excluding steroid dienone is 1. The zero-order valence-corrected chi connectivity index (χ0v) is 16.1. The van der Waals surface area contributed by atoms with E-state index in [1.807, 2.05) is 13.0 Å². The Morgan fingerprint density at radius 3 is 2.89 bits per heavy atom. The highest BCUT2D eigenvalue weighted by atomic mass is 32.2. The molecular weight excluding hydrogens is 367 g/mol. The third kappa shape index (κ3) is 4.63. The van der Waals surface area contributed by atoms with E-state index in [2.05, 4.69) is 0 Å². The fourth-order valence-corrected chi connectivity index (χ4v) is 3.48. The molecule has 0 amide bonds. The average Bonchev–Trinajstić information content (AvgIpc) is 2.69. The standard InChI is InChI=1S/C21H21FO4S/c1-3-8-25-19-13-21-20(26-9-10-27-21)12-15(19)17(23)6-4-14-5-7-18(24-2)16(22)11-14/h4-7,11-13H,3,8-10H2,1-2H3. The molecule has 2 aromatic rings. The van der Waals surface area contributed by atoms with E-state index in [4.69, 9.17) is 14.2 Å². The van der Waals surface area contributed by atoms with Crippen LogP contribution in [0.15, 0.2) is 41.3 Å². The number of thioether (sulfide) groups is 1. The molecule has 1 aliphatic heterocycles. The predicted octanol–water partition coefficient (Wildman–Crippen LogP) is 5.00. The van der Waals surface area contributed by atoms with E-state index in [0.717, 1.165) is 17.1 Å². The molecule has 1 aliphatic rings. The highest BCUT2D eigenvalue weighted by Gasteiger charge is 2.19. The third-order valence-electron chi connectivity index (χ3n) is 3.97. The van der Waals surface area contributed by atoms with Gasteiger partial charge in [-0.1, -0.05) is 19.1 Å². The summed E-state index contributed by atoms with van der Waals surface area (Å²) in [4.78, 5) is 13.7. The molecule has 0 aliphatic carbocycles. The van der Waals surface area contributed by atoms with E-state index in [-0.39, 0.29) is 11.5 Å². The van der Waals surface area contributed by atoms with Crippen LogP contribution in [0.5, 0.6) is 17.2 Å². The molecule has 0 atom stereocenters. The van der Waals surface area contributed by atoms with Crippen molar-refractivity contribution in [2.45, 2.75) is 18.2 Å². The summed E-state index contributed by atoms with van der Waals surface area (Å²) in [6.07, 6.45) is 3.83. The van der Waals surface area contributed by atoms with Gasteiger partial charge in [-0.25, -0.2) is 4.39 Å². The summed E-state index contributed by atoms with van der Waals surface area (Å²) in [6.45, 7) is 3.15. The second-order valence-corrected chi connectivity index (χ2v) is 7.07. The third-order valence-corrected chi connectivity index (χ3v) is 4.98. The van der Waals surface area contributed by atoms with Gasteiger partial charge in [-0.15, -0.1) is 11.8 Å². The first-order chi connectivity index (χ1) is 13.1. The van der Waals surface area contributed by atoms with Gasteiger partial charge in [0.1, 0.15) is 11.5 Å². The molecule has 27 heavy (non-hydrogen) atoms. The molecule has 0 saturated heterocycles. The summed E-state index contributed by atoms with van der Waals surface area (Å²) in [5, 5.41) is 0. The van der Waals surface area contributed by atoms with Crippen molar-refractivity contribution in [3.8, 4) is 17.2 Å². The number of ketones is 1. The van der Waals surface area contributed by atoms with Gasteiger partial charge >= 0.3 is 0 Å². The minimum atomic E-state index is -0.474. The second kappa shape index (κ2) is 8.95. The molecule has 0 saturated carbocycles. The number of fused-ring (bicyclic) bond motifs is 1. The van der Waals surface area contributed by atoms with Gasteiger partial charge in [0, 0.05) is 5.75 Å². The van der Waals surface area contributed by atoms with Crippen LogP contribution in [0.2, 0.25) is 0 Å². The van der Waals surface area contributed by atoms with Gasteiger partial charge in [-0.3, -0.25) is 4.79 Å². The Morgan fingerprint density at radius 2 is 2.15 bits per heavy atom. The summed E-state index contributed by atoms with van der Waals surface area (Å²) in [5.74, 6) is 1.58. The monoisotopic (exact) mass is 388 g/mol. The maximum absolute atomic E-state index is 13.8. The Hall–Kier alpha value is -2.47. The summed E-state index contributed by atoms with van der Waals surface area (Å²) in [7, 11) is 1.41. The number of hydrogen-bond donors (Lipinski definition) is 0. The van der Waals surface area contributed by atoms with Crippen LogP contribution in [-0.4, -0.2) is 31.9 Å². The molecule has 0 fully saturated rings. The Labute approximate surface area is 162 Å². The topological polar surface area (TPSA) is 44.8 Å². The van der Waals surface area contributed by atoms with Gasteiger partial charge in [0.15, 0.2) is 17.3 Å². The minimum Gasteiger partial charge on any atom is -0.494 e. The van der Waals surface area contributed by atoms with E-state index in [9.17, 15) is 9.18 Å². The Balaban J connectivity index is 1.87. The smallest absolute Gasteiger partial charge is 0.189 e. The van der Waals surface area contributed by atoms with Crippen molar-refractivity contribution in [1.29, 1.82) is 0 Å². The summed E-state index contributed by atoms with van der Waals surface area (Å²) >= 11 is 1.68. The van der Waals surface area contributed by atoms with Crippen molar-refractivity contribution in [1.82, 2.24) is 0 Å². The SMILES string of the molecule is CCCOc1cc2c(cc1C(=O)C=Cc1ccc(OC)c(F)c1)OCCS2. The maximum Gasteiger partial charge on any atom is 0.189 e. The fourth-order valence-electron chi connectivity index (χ4n) is 2.64. The van der Waals surface area contributed by atoms with E-state index < -0.39 is 5.82 Å². The van der Waals surface area contributed by atoms with Crippen molar-refractivity contribution < 1.29 is 23.4 Å². The lowest BCUT2D eigenvalue weighted by atomic mass is 10.1. The van der Waals surface area contributed by atoms with Gasteiger partial charge in [0.25, 0.3) is 0 Å². The van der Waals surface area contributed by atoms with Crippen LogP contribution in [0.25, 0.3) is 6.08 Å². The number of hydrogen-bond acceptors (Lipinski definition) is 5. The molecule has 2 aromatic carbocycles. The van der Waals surface area contributed by atoms with E-state index in [1.165, 1.54) is 25.3 Å². The first-order valence-electron chi connectivity index (χ1n) is 8.74. The lowest BCUT2D eigenvalue weighted by molar-refractivity contribution is 0.104. The van der Waals surface area contributed by atoms with Gasteiger partial charge < -0.3 is 14.2 Å². The minimum absolute atomic E-state index is 0.165. The van der Waals surface area contributed by atoms with Crippen molar-refractivity contribution in [2.75, 3.05) is 26.1 Å². The molecule has 1 heterocycles. The molecule has 0 N–H and O–H groups in total. The Kier molecular flexibility index (Phi) is 6.40. The van der Waals surface area contributed by atoms with Gasteiger partial charge in [-0.05, 0) is 42.3 Å². The maximum atomic E-state index is 13.8. The summed E-state index contributed by atoms with van der Waals surface area (Å²) in [6, 6.07) is 8.13. The lowest BCUT2D eigenvalue weighted by Gasteiger charge is -2.19. The molecule has 4 nitrogen and oxygen atoms in total. The van der Waals surface area contributed by atoms with Gasteiger partial charge in [-0.2, -0.15) is 0 Å². The Morgan fingerprint density at radius 1 is 1.30 bits per heavy atom. The van der Waals surface area contributed by atoms with E-state index in [1.54, 1.807) is 30.0 Å². The van der Waals surface area contributed by atoms with E-state index in [0.29, 0.717) is 35.8 Å². The van der Waals surface area contributed by atoms with E-state index >= 15 is 0 Å². The Bertz CT molecular complexity index is 864. The zero-order chi connectivity index (χ0) is 19.2. The van der Waals surface area contributed by atoms with Crippen LogP contribution in [0.1, 0.15) is 29.3 Å². The molecule has 0 unspecified atom stereocenters. The predicted molar refractivity (Wildman–Crippen MR) is 105 cm³/mol. The average molecular weight is 388 g/mol. The van der Waals surface area contributed by atoms with Crippen molar-refractivity contribution in [3.05, 3.63) is 53.4 Å². The zero-order valence-electron chi connectivity index (χ0n) is 15.3. The van der Waals surface area contributed by atoms with Gasteiger partial charge in [0.2, 0.25) is 0 Å². The van der Waals surface area contributed by atoms with Crippen LogP contribution in [-0.2, 0) is 0 Å². The summed E-state index contributed by atoms with van der Waals surface area (Å²) in [5.41, 5.74) is 1.01. The van der Waals surface area contributed by atoms with Crippen molar-refractivity contribution in [2.24, 2.45) is 0 Å². The highest BCUT2D eigenvalue weighted by Crippen LogP contribution is 2.38. The molecule has 0 aromatic heterocycles. The second-order valence-electron chi connectivity index (χ2n) is 5.93. The molecule has 142 valence electrons. The molecule has 0 spiro atoms. The van der Waals surface area contributed by atoms with Crippen LogP contribution >= 0.6 is 11.8 Å². The lowest BCUT2D eigenvalue weighted by Crippen LogP contribution is -2.10. The molecule has 3 rings (SSSR count). The summed E-state index contributed by atoms with van der Waals surface area (Å²) < 4.78 is 30.1. The largest absolute Gasteiger partial charge is 0.494 e. The molecule has 0 radical (unpaired) electrons. The quantitative estimate of drug-likeness (QED) is 0.493. The molecule has 6 heteroatoms. The molecular formula is C21H21FO4S.